The molecule has 2 aromatic rings. The summed E-state index contributed by atoms with van der Waals surface area (Å²) in [6.45, 7) is 5.39. The molecule has 1 saturated heterocycles. The molecule has 2 unspecified atom stereocenters. The third-order valence-electron chi connectivity index (χ3n) is 5.78. The van der Waals surface area contributed by atoms with E-state index in [1.165, 1.54) is 17.7 Å². The van der Waals surface area contributed by atoms with Crippen LogP contribution < -0.4 is 16.0 Å². The first kappa shape index (κ1) is 23.3. The summed E-state index contributed by atoms with van der Waals surface area (Å²) in [6.07, 6.45) is 3.37. The number of carbonyl (C=O) groups is 1. The molecule has 1 aliphatic heterocycles. The van der Waals surface area contributed by atoms with Gasteiger partial charge in [0.2, 0.25) is 0 Å². The molecule has 1 aromatic heterocycles. The van der Waals surface area contributed by atoms with Gasteiger partial charge in [-0.25, -0.2) is 0 Å². The Bertz CT molecular complexity index is 851. The molecule has 1 aromatic carbocycles. The second kappa shape index (κ2) is 11.9. The molecule has 31 heavy (non-hydrogen) atoms. The second-order valence-corrected chi connectivity index (χ2v) is 9.09. The number of hydrogen-bond donors (Lipinski definition) is 3. The van der Waals surface area contributed by atoms with E-state index in [0.717, 1.165) is 31.0 Å². The van der Waals surface area contributed by atoms with Crippen LogP contribution in [0.15, 0.2) is 46.8 Å². The first-order valence-corrected chi connectivity index (χ1v) is 12.1. The highest BCUT2D eigenvalue weighted by Gasteiger charge is 2.31. The molecule has 3 N–H and O–H groups in total. The molecular formula is C24H35N5OS. The van der Waals surface area contributed by atoms with Crippen LogP contribution in [0.5, 0.6) is 0 Å². The van der Waals surface area contributed by atoms with E-state index < -0.39 is 0 Å². The number of guanidine groups is 1. The number of likely N-dealkylation sites (tertiary alicyclic amines) is 1. The third-order valence-corrected chi connectivity index (χ3v) is 6.72. The fourth-order valence-corrected chi connectivity index (χ4v) is 5.16. The van der Waals surface area contributed by atoms with Crippen LogP contribution in [-0.4, -0.2) is 50.5 Å². The van der Waals surface area contributed by atoms with Gasteiger partial charge in [-0.05, 0) is 67.9 Å². The van der Waals surface area contributed by atoms with Crippen molar-refractivity contribution < 1.29 is 4.79 Å². The maximum absolute atomic E-state index is 12.2. The average Bonchev–Trinajstić information content (AvgIpc) is 3.32. The molecule has 1 aliphatic rings. The minimum absolute atomic E-state index is 0.0211. The minimum Gasteiger partial charge on any atom is -0.356 e. The standard InChI is InChI=1S/C24H35N5OS/c1-4-12-26-23(30)19-9-5-8-18(15-19)16-27-24(25-2)28-17-20-10-6-13-29(3)22(20)21-11-7-14-31-21/h5,7-9,11,14-15,20,22H,4,6,10,12-13,16-17H2,1-3H3,(H,26,30)(H2,25,27,28). The van der Waals surface area contributed by atoms with Crippen molar-refractivity contribution in [2.75, 3.05) is 33.7 Å². The number of amides is 1. The summed E-state index contributed by atoms with van der Waals surface area (Å²) in [4.78, 5) is 20.5. The van der Waals surface area contributed by atoms with Crippen LogP contribution in [0.1, 0.15) is 53.0 Å². The van der Waals surface area contributed by atoms with Gasteiger partial charge in [0.15, 0.2) is 5.96 Å². The van der Waals surface area contributed by atoms with Gasteiger partial charge in [0.25, 0.3) is 5.91 Å². The van der Waals surface area contributed by atoms with E-state index in [1.807, 2.05) is 42.5 Å². The van der Waals surface area contributed by atoms with Crippen molar-refractivity contribution in [2.45, 2.75) is 38.8 Å². The summed E-state index contributed by atoms with van der Waals surface area (Å²) in [5.41, 5.74) is 1.75. The number of piperidine rings is 1. The van der Waals surface area contributed by atoms with Gasteiger partial charge in [0.1, 0.15) is 0 Å². The molecule has 2 atom stereocenters. The summed E-state index contributed by atoms with van der Waals surface area (Å²) in [6, 6.07) is 12.6. The van der Waals surface area contributed by atoms with Crippen molar-refractivity contribution in [3.8, 4) is 0 Å². The summed E-state index contributed by atoms with van der Waals surface area (Å²) >= 11 is 1.84. The zero-order chi connectivity index (χ0) is 22.1. The van der Waals surface area contributed by atoms with Crippen LogP contribution in [0.3, 0.4) is 0 Å². The molecule has 7 heteroatoms. The minimum atomic E-state index is -0.0211. The Morgan fingerprint density at radius 1 is 1.23 bits per heavy atom. The lowest BCUT2D eigenvalue weighted by Crippen LogP contribution is -2.44. The van der Waals surface area contributed by atoms with Gasteiger partial charge in [-0.1, -0.05) is 25.1 Å². The SMILES string of the molecule is CCCNC(=O)c1cccc(CNC(=NC)NCC2CCCN(C)C2c2cccs2)c1. The molecule has 0 aliphatic carbocycles. The van der Waals surface area contributed by atoms with Crippen LogP contribution >= 0.6 is 11.3 Å². The first-order valence-electron chi connectivity index (χ1n) is 11.2. The summed E-state index contributed by atoms with van der Waals surface area (Å²) in [5.74, 6) is 1.31. The molecular weight excluding hydrogens is 406 g/mol. The molecule has 3 rings (SSSR count). The summed E-state index contributed by atoms with van der Waals surface area (Å²) in [5, 5.41) is 12.0. The van der Waals surface area contributed by atoms with E-state index in [-0.39, 0.29) is 5.91 Å². The van der Waals surface area contributed by atoms with Crippen LogP contribution in [0.2, 0.25) is 0 Å². The molecule has 168 valence electrons. The lowest BCUT2D eigenvalue weighted by Gasteiger charge is -2.39. The van der Waals surface area contributed by atoms with Crippen molar-refractivity contribution >= 4 is 23.2 Å². The number of thiophene rings is 1. The van der Waals surface area contributed by atoms with Crippen molar-refractivity contribution in [2.24, 2.45) is 10.9 Å². The van der Waals surface area contributed by atoms with Gasteiger partial charge in [-0.15, -0.1) is 11.3 Å². The van der Waals surface area contributed by atoms with E-state index >= 15 is 0 Å². The fraction of sp³-hybridized carbons (Fsp3) is 0.500. The van der Waals surface area contributed by atoms with E-state index in [0.29, 0.717) is 30.6 Å². The molecule has 0 saturated carbocycles. The van der Waals surface area contributed by atoms with Gasteiger partial charge in [-0.2, -0.15) is 0 Å². The maximum Gasteiger partial charge on any atom is 0.251 e. The van der Waals surface area contributed by atoms with Gasteiger partial charge < -0.3 is 16.0 Å². The third kappa shape index (κ3) is 6.55. The van der Waals surface area contributed by atoms with Gasteiger partial charge in [0.05, 0.1) is 0 Å². The molecule has 6 nitrogen and oxygen atoms in total. The summed E-state index contributed by atoms with van der Waals surface area (Å²) in [7, 11) is 4.03. The van der Waals surface area contributed by atoms with Gasteiger partial charge >= 0.3 is 0 Å². The predicted molar refractivity (Wildman–Crippen MR) is 130 cm³/mol. The Morgan fingerprint density at radius 2 is 2.10 bits per heavy atom. The van der Waals surface area contributed by atoms with E-state index in [9.17, 15) is 4.79 Å². The number of nitrogens with zero attached hydrogens (tertiary/aromatic N) is 2. The highest BCUT2D eigenvalue weighted by molar-refractivity contribution is 7.10. The Balaban J connectivity index is 1.54. The normalized spacial score (nSPS) is 19.8. The molecule has 0 radical (unpaired) electrons. The van der Waals surface area contributed by atoms with Crippen molar-refractivity contribution in [1.82, 2.24) is 20.9 Å². The van der Waals surface area contributed by atoms with Crippen LogP contribution in [0.25, 0.3) is 0 Å². The smallest absolute Gasteiger partial charge is 0.251 e. The molecule has 1 amide bonds. The van der Waals surface area contributed by atoms with Crippen LogP contribution in [0, 0.1) is 5.92 Å². The van der Waals surface area contributed by atoms with Gasteiger partial charge in [-0.3, -0.25) is 14.7 Å². The number of carbonyl (C=O) groups excluding carboxylic acids is 1. The molecule has 1 fully saturated rings. The Morgan fingerprint density at radius 3 is 2.84 bits per heavy atom. The topological polar surface area (TPSA) is 68.8 Å². The maximum atomic E-state index is 12.2. The van der Waals surface area contributed by atoms with Crippen molar-refractivity contribution in [1.29, 1.82) is 0 Å². The highest BCUT2D eigenvalue weighted by Crippen LogP contribution is 2.36. The molecule has 0 bridgehead atoms. The summed E-state index contributed by atoms with van der Waals surface area (Å²) < 4.78 is 0. The fourth-order valence-electron chi connectivity index (χ4n) is 4.18. The predicted octanol–water partition coefficient (Wildman–Crippen LogP) is 3.64. The lowest BCUT2D eigenvalue weighted by atomic mass is 9.88. The Labute approximate surface area is 190 Å². The van der Waals surface area contributed by atoms with E-state index in [1.54, 1.807) is 7.05 Å². The Kier molecular flexibility index (Phi) is 8.91. The number of aliphatic imine (C=N–C) groups is 1. The van der Waals surface area contributed by atoms with Gasteiger partial charge in [0, 0.05) is 43.2 Å². The Hall–Kier alpha value is -2.38. The number of nitrogens with one attached hydrogen (secondary N) is 3. The lowest BCUT2D eigenvalue weighted by molar-refractivity contribution is 0.0953. The largest absolute Gasteiger partial charge is 0.356 e. The molecule has 0 spiro atoms. The van der Waals surface area contributed by atoms with Crippen molar-refractivity contribution in [3.05, 3.63) is 57.8 Å². The van der Waals surface area contributed by atoms with Crippen LogP contribution in [-0.2, 0) is 6.54 Å². The number of benzene rings is 1. The monoisotopic (exact) mass is 441 g/mol. The van der Waals surface area contributed by atoms with Crippen molar-refractivity contribution in [3.63, 3.8) is 0 Å². The quantitative estimate of drug-likeness (QED) is 0.432. The number of hydrogen-bond acceptors (Lipinski definition) is 4. The highest BCUT2D eigenvalue weighted by atomic mass is 32.1. The zero-order valence-corrected chi connectivity index (χ0v) is 19.7. The van der Waals surface area contributed by atoms with E-state index in [2.05, 4.69) is 50.4 Å². The number of rotatable bonds is 8. The van der Waals surface area contributed by atoms with E-state index in [4.69, 9.17) is 0 Å². The van der Waals surface area contributed by atoms with Crippen LogP contribution in [0.4, 0.5) is 0 Å². The average molecular weight is 442 g/mol. The second-order valence-electron chi connectivity index (χ2n) is 8.11. The zero-order valence-electron chi connectivity index (χ0n) is 18.9. The first-order chi connectivity index (χ1) is 15.1. The molecule has 2 heterocycles.